The number of nitrogens with zero attached hydrogens (tertiary/aromatic N) is 2. The van der Waals surface area contributed by atoms with Crippen LogP contribution in [0.1, 0.15) is 11.3 Å². The summed E-state index contributed by atoms with van der Waals surface area (Å²) in [6.45, 7) is 1.90. The second-order valence-electron chi connectivity index (χ2n) is 5.79. The number of rotatable bonds is 4. The number of hydrogen-bond donors (Lipinski definition) is 1. The molecule has 2 aromatic carbocycles. The molecule has 25 heavy (non-hydrogen) atoms. The second-order valence-corrected chi connectivity index (χ2v) is 6.71. The highest BCUT2D eigenvalue weighted by molar-refractivity contribution is 9.10. The summed E-state index contributed by atoms with van der Waals surface area (Å²) in [7, 11) is 1.78. The molecule has 0 unspecified atom stereocenters. The summed E-state index contributed by atoms with van der Waals surface area (Å²) >= 11 is 3.42. The Labute approximate surface area is 153 Å². The standard InChI is InChI=1S/C19H17BrFN3O/c1-12-18(14-6-8-15(20)9-7-14)19(24(2)23-12)22-17(25)11-13-4-3-5-16(21)10-13/h3-10H,11H2,1-2H3,(H,22,25). The number of halogens is 2. The molecule has 6 heteroatoms. The van der Waals surface area contributed by atoms with E-state index in [4.69, 9.17) is 0 Å². The van der Waals surface area contributed by atoms with E-state index in [0.29, 0.717) is 11.4 Å². The van der Waals surface area contributed by atoms with Crippen LogP contribution in [0.15, 0.2) is 53.0 Å². The summed E-state index contributed by atoms with van der Waals surface area (Å²) in [6, 6.07) is 13.9. The zero-order chi connectivity index (χ0) is 18.0. The predicted octanol–water partition coefficient (Wildman–Crippen LogP) is 4.48. The summed E-state index contributed by atoms with van der Waals surface area (Å²) in [6.07, 6.45) is 0.0990. The molecule has 0 radical (unpaired) electrons. The Morgan fingerprint density at radius 3 is 2.64 bits per heavy atom. The lowest BCUT2D eigenvalue weighted by Crippen LogP contribution is -2.17. The lowest BCUT2D eigenvalue weighted by molar-refractivity contribution is -0.115. The molecule has 0 spiro atoms. The SMILES string of the molecule is Cc1nn(C)c(NC(=O)Cc2cccc(F)c2)c1-c1ccc(Br)cc1. The number of hydrogen-bond acceptors (Lipinski definition) is 2. The lowest BCUT2D eigenvalue weighted by atomic mass is 10.1. The van der Waals surface area contributed by atoms with Gasteiger partial charge in [-0.3, -0.25) is 9.48 Å². The molecule has 128 valence electrons. The highest BCUT2D eigenvalue weighted by Gasteiger charge is 2.17. The van der Waals surface area contributed by atoms with Crippen LogP contribution in [-0.2, 0) is 18.3 Å². The molecular formula is C19H17BrFN3O. The van der Waals surface area contributed by atoms with Gasteiger partial charge in [0.05, 0.1) is 12.1 Å². The normalized spacial score (nSPS) is 10.7. The Hall–Kier alpha value is -2.47. The third-order valence-corrected chi connectivity index (χ3v) is 4.40. The molecule has 1 N–H and O–H groups in total. The van der Waals surface area contributed by atoms with Gasteiger partial charge in [0, 0.05) is 17.1 Å². The zero-order valence-electron chi connectivity index (χ0n) is 13.9. The van der Waals surface area contributed by atoms with Gasteiger partial charge < -0.3 is 5.32 Å². The van der Waals surface area contributed by atoms with Crippen molar-refractivity contribution in [1.29, 1.82) is 0 Å². The molecule has 0 aliphatic heterocycles. The Morgan fingerprint density at radius 2 is 1.96 bits per heavy atom. The van der Waals surface area contributed by atoms with E-state index < -0.39 is 0 Å². The Balaban J connectivity index is 1.87. The molecule has 1 aromatic heterocycles. The van der Waals surface area contributed by atoms with Crippen LogP contribution in [0.4, 0.5) is 10.2 Å². The fourth-order valence-corrected chi connectivity index (χ4v) is 3.04. The van der Waals surface area contributed by atoms with Crippen molar-refractivity contribution in [2.45, 2.75) is 13.3 Å². The van der Waals surface area contributed by atoms with Crippen molar-refractivity contribution >= 4 is 27.7 Å². The minimum atomic E-state index is -0.350. The molecule has 3 aromatic rings. The van der Waals surface area contributed by atoms with Crippen LogP contribution in [0.3, 0.4) is 0 Å². The maximum absolute atomic E-state index is 13.3. The van der Waals surface area contributed by atoms with Gasteiger partial charge in [-0.1, -0.05) is 40.2 Å². The van der Waals surface area contributed by atoms with Gasteiger partial charge in [0.2, 0.25) is 5.91 Å². The number of carbonyl (C=O) groups is 1. The minimum Gasteiger partial charge on any atom is -0.310 e. The van der Waals surface area contributed by atoms with Crippen molar-refractivity contribution < 1.29 is 9.18 Å². The highest BCUT2D eigenvalue weighted by atomic mass is 79.9. The first-order chi connectivity index (χ1) is 11.9. The number of anilines is 1. The van der Waals surface area contributed by atoms with Crippen LogP contribution >= 0.6 is 15.9 Å². The fourth-order valence-electron chi connectivity index (χ4n) is 2.77. The molecule has 1 amide bonds. The molecule has 1 heterocycles. The number of amides is 1. The molecular weight excluding hydrogens is 385 g/mol. The van der Waals surface area contributed by atoms with Gasteiger partial charge in [-0.05, 0) is 42.3 Å². The van der Waals surface area contributed by atoms with E-state index in [9.17, 15) is 9.18 Å². The zero-order valence-corrected chi connectivity index (χ0v) is 15.5. The lowest BCUT2D eigenvalue weighted by Gasteiger charge is -2.09. The van der Waals surface area contributed by atoms with Crippen molar-refractivity contribution in [2.24, 2.45) is 7.05 Å². The number of aromatic nitrogens is 2. The third-order valence-electron chi connectivity index (χ3n) is 3.87. The van der Waals surface area contributed by atoms with Gasteiger partial charge in [0.1, 0.15) is 11.6 Å². The van der Waals surface area contributed by atoms with E-state index in [1.165, 1.54) is 12.1 Å². The Kier molecular flexibility index (Phi) is 4.99. The van der Waals surface area contributed by atoms with Gasteiger partial charge in [0.25, 0.3) is 0 Å². The third kappa shape index (κ3) is 3.96. The van der Waals surface area contributed by atoms with E-state index >= 15 is 0 Å². The molecule has 0 saturated carbocycles. The van der Waals surface area contributed by atoms with E-state index in [-0.39, 0.29) is 18.1 Å². The molecule has 0 aliphatic rings. The quantitative estimate of drug-likeness (QED) is 0.700. The van der Waals surface area contributed by atoms with E-state index in [1.54, 1.807) is 23.9 Å². The van der Waals surface area contributed by atoms with Crippen molar-refractivity contribution in [1.82, 2.24) is 9.78 Å². The van der Waals surface area contributed by atoms with Crippen LogP contribution < -0.4 is 5.32 Å². The molecule has 0 atom stereocenters. The molecule has 0 fully saturated rings. The van der Waals surface area contributed by atoms with Crippen LogP contribution in [-0.4, -0.2) is 15.7 Å². The number of nitrogens with one attached hydrogen (secondary N) is 1. The summed E-state index contributed by atoms with van der Waals surface area (Å²) in [5.41, 5.74) is 3.30. The van der Waals surface area contributed by atoms with Crippen molar-refractivity contribution in [3.63, 3.8) is 0 Å². The van der Waals surface area contributed by atoms with Gasteiger partial charge in [-0.2, -0.15) is 5.10 Å². The highest BCUT2D eigenvalue weighted by Crippen LogP contribution is 2.31. The molecule has 3 rings (SSSR count). The first kappa shape index (κ1) is 17.4. The van der Waals surface area contributed by atoms with Crippen molar-refractivity contribution in [2.75, 3.05) is 5.32 Å². The first-order valence-corrected chi connectivity index (χ1v) is 8.57. The van der Waals surface area contributed by atoms with Crippen LogP contribution in [0.5, 0.6) is 0 Å². The van der Waals surface area contributed by atoms with E-state index in [0.717, 1.165) is 21.3 Å². The summed E-state index contributed by atoms with van der Waals surface area (Å²) in [4.78, 5) is 12.4. The van der Waals surface area contributed by atoms with Gasteiger partial charge in [-0.25, -0.2) is 4.39 Å². The first-order valence-electron chi connectivity index (χ1n) is 7.78. The van der Waals surface area contributed by atoms with Gasteiger partial charge >= 0.3 is 0 Å². The van der Waals surface area contributed by atoms with Crippen LogP contribution in [0.2, 0.25) is 0 Å². The van der Waals surface area contributed by atoms with Crippen molar-refractivity contribution in [3.05, 3.63) is 70.1 Å². The molecule has 0 aliphatic carbocycles. The summed E-state index contributed by atoms with van der Waals surface area (Å²) in [5.74, 6) is 0.0606. The van der Waals surface area contributed by atoms with Crippen LogP contribution in [0.25, 0.3) is 11.1 Å². The fraction of sp³-hybridized carbons (Fsp3) is 0.158. The minimum absolute atomic E-state index is 0.0990. The van der Waals surface area contributed by atoms with Gasteiger partial charge in [0.15, 0.2) is 0 Å². The van der Waals surface area contributed by atoms with Crippen LogP contribution in [0, 0.1) is 12.7 Å². The van der Waals surface area contributed by atoms with E-state index in [1.807, 2.05) is 31.2 Å². The molecule has 0 saturated heterocycles. The Morgan fingerprint density at radius 1 is 1.24 bits per heavy atom. The monoisotopic (exact) mass is 401 g/mol. The summed E-state index contributed by atoms with van der Waals surface area (Å²) < 4.78 is 15.9. The van der Waals surface area contributed by atoms with Gasteiger partial charge in [-0.15, -0.1) is 0 Å². The maximum Gasteiger partial charge on any atom is 0.229 e. The average Bonchev–Trinajstić information content (AvgIpc) is 2.82. The number of carbonyl (C=O) groups excluding carboxylic acids is 1. The topological polar surface area (TPSA) is 46.9 Å². The largest absolute Gasteiger partial charge is 0.310 e. The maximum atomic E-state index is 13.3. The smallest absolute Gasteiger partial charge is 0.229 e. The second kappa shape index (κ2) is 7.19. The Bertz CT molecular complexity index is 919. The summed E-state index contributed by atoms with van der Waals surface area (Å²) in [5, 5.41) is 7.32. The predicted molar refractivity (Wildman–Crippen MR) is 99.8 cm³/mol. The molecule has 4 nitrogen and oxygen atoms in total. The van der Waals surface area contributed by atoms with Crippen molar-refractivity contribution in [3.8, 4) is 11.1 Å². The average molecular weight is 402 g/mol. The molecule has 0 bridgehead atoms. The van der Waals surface area contributed by atoms with E-state index in [2.05, 4.69) is 26.3 Å². The number of benzene rings is 2. The number of aryl methyl sites for hydroxylation is 2.